The second-order valence-corrected chi connectivity index (χ2v) is 10.8. The van der Waals surface area contributed by atoms with E-state index >= 15 is 0 Å². The largest absolute Gasteiger partial charge is 0.480 e. The van der Waals surface area contributed by atoms with E-state index in [4.69, 9.17) is 9.84 Å². The molecule has 1 unspecified atom stereocenters. The number of ether oxygens (including phenoxy) is 1. The van der Waals surface area contributed by atoms with E-state index in [9.17, 15) is 14.4 Å². The topological polar surface area (TPSA) is 126 Å². The molecule has 2 aliphatic rings. The summed E-state index contributed by atoms with van der Waals surface area (Å²) in [5, 5.41) is 18.8. The van der Waals surface area contributed by atoms with Crippen molar-refractivity contribution in [3.05, 3.63) is 108 Å². The van der Waals surface area contributed by atoms with Crippen LogP contribution in [0.4, 0.5) is 10.5 Å². The number of benzene rings is 3. The number of carbonyl (C=O) groups is 3. The van der Waals surface area contributed by atoms with Crippen molar-refractivity contribution < 1.29 is 24.2 Å². The van der Waals surface area contributed by atoms with Crippen molar-refractivity contribution >= 4 is 23.7 Å². The van der Waals surface area contributed by atoms with Crippen LogP contribution in [0.1, 0.15) is 29.0 Å². The number of likely N-dealkylation sites (tertiary alicyclic amines) is 1. The zero-order valence-electron chi connectivity index (χ0n) is 22.9. The summed E-state index contributed by atoms with van der Waals surface area (Å²) in [6.45, 7) is 1.29. The van der Waals surface area contributed by atoms with Gasteiger partial charge in [-0.3, -0.25) is 19.2 Å². The lowest BCUT2D eigenvalue weighted by molar-refractivity contribution is -0.137. The molecule has 1 fully saturated rings. The molecule has 6 rings (SSSR count). The summed E-state index contributed by atoms with van der Waals surface area (Å²) >= 11 is 0. The van der Waals surface area contributed by atoms with Gasteiger partial charge in [-0.2, -0.15) is 5.10 Å². The number of aliphatic carboxylic acids is 1. The number of fused-ring (bicyclic) bond motifs is 3. The van der Waals surface area contributed by atoms with Crippen LogP contribution in [0, 0.1) is 0 Å². The van der Waals surface area contributed by atoms with Crippen LogP contribution in [0.25, 0.3) is 11.1 Å². The molecular formula is C32H31N5O5. The number of rotatable bonds is 9. The predicted octanol–water partition coefficient (Wildman–Crippen LogP) is 4.09. The highest BCUT2D eigenvalue weighted by atomic mass is 16.5. The molecule has 0 radical (unpaired) electrons. The van der Waals surface area contributed by atoms with Gasteiger partial charge in [0.2, 0.25) is 0 Å². The third kappa shape index (κ3) is 5.61. The van der Waals surface area contributed by atoms with Gasteiger partial charge >= 0.3 is 12.1 Å². The number of carboxylic acid groups (broad SMARTS) is 1. The Morgan fingerprint density at radius 2 is 1.62 bits per heavy atom. The summed E-state index contributed by atoms with van der Waals surface area (Å²) in [4.78, 5) is 40.2. The molecule has 1 aromatic heterocycles. The van der Waals surface area contributed by atoms with Gasteiger partial charge in [-0.05, 0) is 34.2 Å². The van der Waals surface area contributed by atoms with E-state index < -0.39 is 23.5 Å². The molecule has 42 heavy (non-hydrogen) atoms. The molecule has 1 atom stereocenters. The molecule has 2 amide bonds. The van der Waals surface area contributed by atoms with Crippen LogP contribution >= 0.6 is 0 Å². The van der Waals surface area contributed by atoms with Crippen LogP contribution < -0.4 is 10.6 Å². The molecule has 10 heteroatoms. The number of carbonyl (C=O) groups excluding carboxylic acids is 2. The summed E-state index contributed by atoms with van der Waals surface area (Å²) in [5.74, 6) is -1.57. The number of nitrogens with zero attached hydrogens (tertiary/aromatic N) is 3. The number of nitrogens with one attached hydrogen (secondary N) is 2. The van der Waals surface area contributed by atoms with Crippen molar-refractivity contribution in [2.24, 2.45) is 0 Å². The molecule has 3 N–H and O–H groups in total. The molecule has 1 aliphatic carbocycles. The molecule has 1 saturated heterocycles. The van der Waals surface area contributed by atoms with Crippen LogP contribution in [-0.4, -0.2) is 63.0 Å². The Kier molecular flexibility index (Phi) is 7.45. The fourth-order valence-corrected chi connectivity index (χ4v) is 5.94. The number of hydrogen-bond donors (Lipinski definition) is 3. The van der Waals surface area contributed by atoms with Gasteiger partial charge in [-0.15, -0.1) is 0 Å². The monoisotopic (exact) mass is 565 g/mol. The highest BCUT2D eigenvalue weighted by molar-refractivity contribution is 6.00. The molecule has 214 valence electrons. The first-order valence-corrected chi connectivity index (χ1v) is 13.9. The number of aromatic nitrogens is 2. The van der Waals surface area contributed by atoms with Crippen LogP contribution in [-0.2, 0) is 27.4 Å². The van der Waals surface area contributed by atoms with Crippen LogP contribution in [0.15, 0.2) is 91.3 Å². The van der Waals surface area contributed by atoms with E-state index in [1.54, 1.807) is 0 Å². The SMILES string of the molecule is O=C(O)Cn1cc(NC(=O)C2(NC(=O)OCC3c4ccccc4-c4ccccc43)CCN(Cc3ccccc3)C2)cn1. The van der Waals surface area contributed by atoms with Crippen molar-refractivity contribution in [1.29, 1.82) is 0 Å². The molecule has 10 nitrogen and oxygen atoms in total. The van der Waals surface area contributed by atoms with E-state index in [2.05, 4.69) is 44.9 Å². The van der Waals surface area contributed by atoms with E-state index in [0.717, 1.165) is 27.8 Å². The minimum atomic E-state index is -1.26. The van der Waals surface area contributed by atoms with E-state index in [0.29, 0.717) is 25.2 Å². The second-order valence-electron chi connectivity index (χ2n) is 10.8. The lowest BCUT2D eigenvalue weighted by atomic mass is 9.97. The number of alkyl carbamates (subject to hydrolysis) is 1. The van der Waals surface area contributed by atoms with Crippen molar-refractivity contribution in [2.45, 2.75) is 31.0 Å². The lowest BCUT2D eigenvalue weighted by Crippen LogP contribution is -2.58. The fraction of sp³-hybridized carbons (Fsp3) is 0.250. The minimum Gasteiger partial charge on any atom is -0.480 e. The summed E-state index contributed by atoms with van der Waals surface area (Å²) in [6.07, 6.45) is 2.54. The Hall–Kier alpha value is -4.96. The highest BCUT2D eigenvalue weighted by Crippen LogP contribution is 2.44. The standard InChI is InChI=1S/C32H31N5O5/c38-29(39)19-37-18-23(16-33-37)34-30(40)32(14-15-36(21-32)17-22-8-2-1-3-9-22)35-31(41)42-20-28-26-12-6-4-10-24(26)25-11-5-7-13-27(25)28/h1-13,16,18,28H,14-15,17,19-21H2,(H,34,40)(H,35,41)(H,38,39). The number of hydrogen-bond acceptors (Lipinski definition) is 6. The van der Waals surface area contributed by atoms with Gasteiger partial charge in [0, 0.05) is 31.7 Å². The van der Waals surface area contributed by atoms with E-state index in [1.165, 1.54) is 17.1 Å². The first-order chi connectivity index (χ1) is 20.4. The minimum absolute atomic E-state index is 0.105. The molecule has 0 saturated carbocycles. The van der Waals surface area contributed by atoms with Gasteiger partial charge in [-0.1, -0.05) is 78.9 Å². The van der Waals surface area contributed by atoms with Gasteiger partial charge in [-0.25, -0.2) is 4.79 Å². The Morgan fingerprint density at radius 3 is 2.31 bits per heavy atom. The number of amides is 2. The summed E-state index contributed by atoms with van der Waals surface area (Å²) in [5.41, 5.74) is 4.66. The van der Waals surface area contributed by atoms with Crippen molar-refractivity contribution in [3.63, 3.8) is 0 Å². The van der Waals surface area contributed by atoms with Gasteiger partial charge in [0.05, 0.1) is 11.9 Å². The van der Waals surface area contributed by atoms with Crippen molar-refractivity contribution in [2.75, 3.05) is 25.0 Å². The van der Waals surface area contributed by atoms with Gasteiger partial charge in [0.25, 0.3) is 5.91 Å². The highest BCUT2D eigenvalue weighted by Gasteiger charge is 2.46. The summed E-state index contributed by atoms with van der Waals surface area (Å²) in [7, 11) is 0. The molecule has 1 aliphatic heterocycles. The first-order valence-electron chi connectivity index (χ1n) is 13.9. The first kappa shape index (κ1) is 27.2. The average molecular weight is 566 g/mol. The molecular weight excluding hydrogens is 534 g/mol. The predicted molar refractivity (Wildman–Crippen MR) is 156 cm³/mol. The van der Waals surface area contributed by atoms with Gasteiger partial charge < -0.3 is 20.5 Å². The third-order valence-corrected chi connectivity index (χ3v) is 7.91. The third-order valence-electron chi connectivity index (χ3n) is 7.91. The van der Waals surface area contributed by atoms with Crippen LogP contribution in [0.3, 0.4) is 0 Å². The number of anilines is 1. The van der Waals surface area contributed by atoms with Gasteiger partial charge in [0.15, 0.2) is 0 Å². The van der Waals surface area contributed by atoms with Crippen LogP contribution in [0.5, 0.6) is 0 Å². The summed E-state index contributed by atoms with van der Waals surface area (Å²) < 4.78 is 7.02. The van der Waals surface area contributed by atoms with E-state index in [-0.39, 0.29) is 25.6 Å². The molecule has 4 aromatic rings. The van der Waals surface area contributed by atoms with Crippen molar-refractivity contribution in [1.82, 2.24) is 20.0 Å². The molecule has 3 aromatic carbocycles. The zero-order chi connectivity index (χ0) is 29.1. The second kappa shape index (κ2) is 11.5. The molecule has 0 spiro atoms. The Labute approximate surface area is 242 Å². The van der Waals surface area contributed by atoms with Crippen molar-refractivity contribution in [3.8, 4) is 11.1 Å². The van der Waals surface area contributed by atoms with Gasteiger partial charge in [0.1, 0.15) is 18.7 Å². The molecule has 0 bridgehead atoms. The number of carboxylic acids is 1. The average Bonchev–Trinajstić information content (AvgIpc) is 3.69. The van der Waals surface area contributed by atoms with E-state index in [1.807, 2.05) is 54.6 Å². The smallest absolute Gasteiger partial charge is 0.408 e. The van der Waals surface area contributed by atoms with Crippen LogP contribution in [0.2, 0.25) is 0 Å². The zero-order valence-corrected chi connectivity index (χ0v) is 22.9. The maximum Gasteiger partial charge on any atom is 0.408 e. The Bertz CT molecular complexity index is 1570. The maximum atomic E-state index is 13.7. The Balaban J connectivity index is 1.18. The maximum absolute atomic E-state index is 13.7. The normalized spacial score (nSPS) is 17.8. The summed E-state index contributed by atoms with van der Waals surface area (Å²) in [6, 6.07) is 26.2. The quantitative estimate of drug-likeness (QED) is 0.279. The molecule has 2 heterocycles. The Morgan fingerprint density at radius 1 is 0.952 bits per heavy atom. The lowest BCUT2D eigenvalue weighted by Gasteiger charge is -2.29. The fourth-order valence-electron chi connectivity index (χ4n) is 5.94.